The monoisotopic (exact) mass is 587 g/mol. The molecule has 0 spiro atoms. The number of amides is 2. The summed E-state index contributed by atoms with van der Waals surface area (Å²) in [5.41, 5.74) is 1.60. The van der Waals surface area contributed by atoms with E-state index in [-0.39, 0.29) is 18.5 Å². The van der Waals surface area contributed by atoms with Gasteiger partial charge in [-0.1, -0.05) is 60.1 Å². The smallest absolute Gasteiger partial charge is 0.244 e. The van der Waals surface area contributed by atoms with Crippen molar-refractivity contribution in [2.45, 2.75) is 64.6 Å². The molecule has 0 bridgehead atoms. The Kier molecular flexibility index (Phi) is 10.1. The summed E-state index contributed by atoms with van der Waals surface area (Å²) in [6, 6.07) is 8.95. The molecule has 202 valence electrons. The third kappa shape index (κ3) is 7.99. The average Bonchev–Trinajstić information content (AvgIpc) is 2.83. The summed E-state index contributed by atoms with van der Waals surface area (Å²) in [4.78, 5) is 28.3. The second kappa shape index (κ2) is 12.7. The molecule has 1 atom stereocenters. The summed E-state index contributed by atoms with van der Waals surface area (Å²) in [6.07, 6.45) is 6.09. The quantitative estimate of drug-likeness (QED) is 0.414. The predicted octanol–water partition coefficient (Wildman–Crippen LogP) is 5.59. The number of hydrogen-bond acceptors (Lipinski definition) is 4. The molecule has 1 N–H and O–H groups in total. The van der Waals surface area contributed by atoms with Gasteiger partial charge < -0.3 is 10.2 Å². The van der Waals surface area contributed by atoms with Gasteiger partial charge in [0, 0.05) is 17.6 Å². The van der Waals surface area contributed by atoms with Crippen molar-refractivity contribution >= 4 is 62.3 Å². The van der Waals surface area contributed by atoms with Crippen LogP contribution >= 0.6 is 34.8 Å². The molecule has 2 amide bonds. The van der Waals surface area contributed by atoms with Crippen molar-refractivity contribution in [2.24, 2.45) is 0 Å². The lowest BCUT2D eigenvalue weighted by Crippen LogP contribution is -2.53. The topological polar surface area (TPSA) is 86.8 Å². The summed E-state index contributed by atoms with van der Waals surface area (Å²) in [5, 5.41) is 4.21. The van der Waals surface area contributed by atoms with Crippen LogP contribution in [0, 0.1) is 6.92 Å². The van der Waals surface area contributed by atoms with E-state index in [1.165, 1.54) is 4.90 Å². The summed E-state index contributed by atoms with van der Waals surface area (Å²) in [5.74, 6) is -0.814. The molecule has 2 aromatic rings. The predicted molar refractivity (Wildman–Crippen MR) is 150 cm³/mol. The summed E-state index contributed by atoms with van der Waals surface area (Å²) in [6.45, 7) is 2.93. The molecule has 0 aliphatic heterocycles. The highest BCUT2D eigenvalue weighted by Crippen LogP contribution is 2.27. The lowest BCUT2D eigenvalue weighted by Gasteiger charge is -2.33. The Hall–Kier alpha value is -2.00. The van der Waals surface area contributed by atoms with Gasteiger partial charge in [0.2, 0.25) is 21.8 Å². The highest BCUT2D eigenvalue weighted by molar-refractivity contribution is 7.92. The zero-order chi connectivity index (χ0) is 27.3. The van der Waals surface area contributed by atoms with Gasteiger partial charge in [0.05, 0.1) is 22.0 Å². The van der Waals surface area contributed by atoms with Crippen molar-refractivity contribution in [3.63, 3.8) is 0 Å². The average molecular weight is 589 g/mol. The number of benzene rings is 2. The Bertz CT molecular complexity index is 1250. The molecule has 0 saturated heterocycles. The van der Waals surface area contributed by atoms with Crippen molar-refractivity contribution < 1.29 is 18.0 Å². The minimum Gasteiger partial charge on any atom is -0.352 e. The van der Waals surface area contributed by atoms with Crippen LogP contribution in [0.4, 0.5) is 5.69 Å². The first kappa shape index (κ1) is 29.6. The minimum atomic E-state index is -3.83. The number of aryl methyl sites for hydroxylation is 1. The molecule has 0 unspecified atom stereocenters. The van der Waals surface area contributed by atoms with Gasteiger partial charge in [0.25, 0.3) is 0 Å². The standard InChI is InChI=1S/C26H32Cl3N3O4S/c1-17-13-20(27)10-12-24(17)32(37(3,35)36)16-25(33)31(15-19-9-11-22(28)23(29)14-19)18(2)26(34)30-21-7-5-4-6-8-21/h9-14,18,21H,4-8,15-16H2,1-3H3,(H,30,34)/t18-/m1/s1. The number of sulfonamides is 1. The number of hydrogen-bond donors (Lipinski definition) is 1. The fraction of sp³-hybridized carbons (Fsp3) is 0.462. The summed E-state index contributed by atoms with van der Waals surface area (Å²) < 4.78 is 26.5. The van der Waals surface area contributed by atoms with Gasteiger partial charge >= 0.3 is 0 Å². The number of anilines is 1. The minimum absolute atomic E-state index is 0.0478. The van der Waals surface area contributed by atoms with E-state index in [0.717, 1.165) is 42.7 Å². The van der Waals surface area contributed by atoms with Gasteiger partial charge in [0.1, 0.15) is 12.6 Å². The second-order valence-electron chi connectivity index (χ2n) is 9.49. The van der Waals surface area contributed by atoms with E-state index in [0.29, 0.717) is 31.9 Å². The van der Waals surface area contributed by atoms with Crippen molar-refractivity contribution in [3.8, 4) is 0 Å². The molecule has 3 rings (SSSR count). The summed E-state index contributed by atoms with van der Waals surface area (Å²) in [7, 11) is -3.83. The van der Waals surface area contributed by atoms with Gasteiger partial charge in [-0.25, -0.2) is 8.42 Å². The maximum atomic E-state index is 13.7. The van der Waals surface area contributed by atoms with Gasteiger partial charge in [0.15, 0.2) is 0 Å². The molecule has 11 heteroatoms. The van der Waals surface area contributed by atoms with E-state index in [1.54, 1.807) is 50.2 Å². The molecule has 1 aliphatic carbocycles. The van der Waals surface area contributed by atoms with Gasteiger partial charge in [-0.2, -0.15) is 0 Å². The Labute approximate surface area is 234 Å². The van der Waals surface area contributed by atoms with Gasteiger partial charge in [-0.3, -0.25) is 13.9 Å². The highest BCUT2D eigenvalue weighted by Gasteiger charge is 2.31. The Morgan fingerprint density at radius 1 is 1.03 bits per heavy atom. The van der Waals surface area contributed by atoms with Crippen LogP contribution in [0.2, 0.25) is 15.1 Å². The van der Waals surface area contributed by atoms with Crippen LogP contribution in [0.3, 0.4) is 0 Å². The summed E-state index contributed by atoms with van der Waals surface area (Å²) >= 11 is 18.3. The SMILES string of the molecule is Cc1cc(Cl)ccc1N(CC(=O)N(Cc1ccc(Cl)c(Cl)c1)[C@H](C)C(=O)NC1CCCCC1)S(C)(=O)=O. The van der Waals surface area contributed by atoms with E-state index in [2.05, 4.69) is 5.32 Å². The normalized spacial score (nSPS) is 15.2. The van der Waals surface area contributed by atoms with Crippen LogP contribution in [0.25, 0.3) is 0 Å². The molecular formula is C26H32Cl3N3O4S. The van der Waals surface area contributed by atoms with Crippen LogP contribution in [0.15, 0.2) is 36.4 Å². The first-order valence-corrected chi connectivity index (χ1v) is 15.1. The van der Waals surface area contributed by atoms with E-state index >= 15 is 0 Å². The lowest BCUT2D eigenvalue weighted by atomic mass is 9.95. The number of nitrogens with one attached hydrogen (secondary N) is 1. The Morgan fingerprint density at radius 3 is 2.30 bits per heavy atom. The van der Waals surface area contributed by atoms with Crippen molar-refractivity contribution in [1.82, 2.24) is 10.2 Å². The van der Waals surface area contributed by atoms with Gasteiger partial charge in [-0.05, 0) is 68.1 Å². The second-order valence-corrected chi connectivity index (χ2v) is 12.6. The maximum Gasteiger partial charge on any atom is 0.244 e. The largest absolute Gasteiger partial charge is 0.352 e. The van der Waals surface area contributed by atoms with Crippen LogP contribution in [0.5, 0.6) is 0 Å². The zero-order valence-corrected chi connectivity index (χ0v) is 24.2. The van der Waals surface area contributed by atoms with E-state index in [9.17, 15) is 18.0 Å². The fourth-order valence-corrected chi connectivity index (χ4v) is 5.93. The van der Waals surface area contributed by atoms with Crippen LogP contribution in [-0.4, -0.2) is 50.0 Å². The molecule has 0 heterocycles. The number of rotatable bonds is 9. The van der Waals surface area contributed by atoms with E-state index in [1.807, 2.05) is 0 Å². The highest BCUT2D eigenvalue weighted by atomic mass is 35.5. The Balaban J connectivity index is 1.91. The molecule has 0 radical (unpaired) electrons. The van der Waals surface area contributed by atoms with Crippen molar-refractivity contribution in [1.29, 1.82) is 0 Å². The Morgan fingerprint density at radius 2 is 1.70 bits per heavy atom. The fourth-order valence-electron chi connectivity index (χ4n) is 4.48. The third-order valence-corrected chi connectivity index (χ3v) is 8.66. The maximum absolute atomic E-state index is 13.7. The van der Waals surface area contributed by atoms with Crippen LogP contribution in [0.1, 0.15) is 50.2 Å². The zero-order valence-electron chi connectivity index (χ0n) is 21.1. The molecule has 1 fully saturated rings. The molecule has 1 aliphatic rings. The lowest BCUT2D eigenvalue weighted by molar-refractivity contribution is -0.139. The van der Waals surface area contributed by atoms with Crippen LogP contribution in [-0.2, 0) is 26.2 Å². The molecule has 7 nitrogen and oxygen atoms in total. The number of carbonyl (C=O) groups is 2. The number of halogens is 3. The number of nitrogens with zero attached hydrogens (tertiary/aromatic N) is 2. The first-order valence-electron chi connectivity index (χ1n) is 12.1. The molecule has 1 saturated carbocycles. The van der Waals surface area contributed by atoms with E-state index < -0.39 is 28.5 Å². The molecule has 2 aromatic carbocycles. The van der Waals surface area contributed by atoms with Gasteiger partial charge in [-0.15, -0.1) is 0 Å². The number of carbonyl (C=O) groups excluding carboxylic acids is 2. The van der Waals surface area contributed by atoms with Crippen molar-refractivity contribution in [2.75, 3.05) is 17.1 Å². The van der Waals surface area contributed by atoms with E-state index in [4.69, 9.17) is 34.8 Å². The van der Waals surface area contributed by atoms with Crippen molar-refractivity contribution in [3.05, 3.63) is 62.6 Å². The van der Waals surface area contributed by atoms with Crippen LogP contribution < -0.4 is 9.62 Å². The molecule has 37 heavy (non-hydrogen) atoms. The molecular weight excluding hydrogens is 557 g/mol. The third-order valence-electron chi connectivity index (χ3n) is 6.56. The molecule has 0 aromatic heterocycles. The first-order chi connectivity index (χ1) is 17.4.